The van der Waals surface area contributed by atoms with Crippen LogP contribution in [0.25, 0.3) is 0 Å². The SMILES string of the molecule is CCC(C)C(=O)N1CCC(c2ccccc2C)C1. The zero-order valence-corrected chi connectivity index (χ0v) is 11.6. The third-order valence-electron chi connectivity index (χ3n) is 4.16. The molecule has 0 saturated carbocycles. The van der Waals surface area contributed by atoms with Crippen molar-refractivity contribution in [3.05, 3.63) is 35.4 Å². The minimum absolute atomic E-state index is 0.167. The number of aryl methyl sites for hydroxylation is 1. The number of hydrogen-bond acceptors (Lipinski definition) is 1. The monoisotopic (exact) mass is 245 g/mol. The van der Waals surface area contributed by atoms with Gasteiger partial charge in [0.2, 0.25) is 5.91 Å². The van der Waals surface area contributed by atoms with Gasteiger partial charge in [0.05, 0.1) is 0 Å². The number of likely N-dealkylation sites (tertiary alicyclic amines) is 1. The van der Waals surface area contributed by atoms with Gasteiger partial charge in [-0.2, -0.15) is 0 Å². The van der Waals surface area contributed by atoms with E-state index in [9.17, 15) is 4.79 Å². The van der Waals surface area contributed by atoms with Crippen LogP contribution in [0.15, 0.2) is 24.3 Å². The maximum Gasteiger partial charge on any atom is 0.225 e. The standard InChI is InChI=1S/C16H23NO/c1-4-12(2)16(18)17-10-9-14(11-17)15-8-6-5-7-13(15)3/h5-8,12,14H,4,9-11H2,1-3H3. The highest BCUT2D eigenvalue weighted by Gasteiger charge is 2.29. The third kappa shape index (κ3) is 2.58. The number of benzene rings is 1. The molecule has 2 unspecified atom stereocenters. The van der Waals surface area contributed by atoms with Crippen LogP contribution < -0.4 is 0 Å². The molecule has 1 aliphatic rings. The lowest BCUT2D eigenvalue weighted by atomic mass is 9.94. The fourth-order valence-corrected chi connectivity index (χ4v) is 2.75. The maximum atomic E-state index is 12.2. The van der Waals surface area contributed by atoms with Crippen LogP contribution in [-0.2, 0) is 4.79 Å². The molecule has 1 amide bonds. The van der Waals surface area contributed by atoms with E-state index in [2.05, 4.69) is 38.1 Å². The van der Waals surface area contributed by atoms with Crippen molar-refractivity contribution in [1.29, 1.82) is 0 Å². The second-order valence-electron chi connectivity index (χ2n) is 5.44. The van der Waals surface area contributed by atoms with Gasteiger partial charge in [-0.3, -0.25) is 4.79 Å². The van der Waals surface area contributed by atoms with Gasteiger partial charge in [0.15, 0.2) is 0 Å². The molecule has 1 aromatic carbocycles. The van der Waals surface area contributed by atoms with Crippen molar-refractivity contribution in [2.75, 3.05) is 13.1 Å². The van der Waals surface area contributed by atoms with Gasteiger partial charge >= 0.3 is 0 Å². The highest BCUT2D eigenvalue weighted by Crippen LogP contribution is 2.30. The van der Waals surface area contributed by atoms with E-state index in [1.165, 1.54) is 11.1 Å². The average molecular weight is 245 g/mol. The highest BCUT2D eigenvalue weighted by atomic mass is 16.2. The number of rotatable bonds is 3. The first-order valence-corrected chi connectivity index (χ1v) is 6.97. The zero-order chi connectivity index (χ0) is 13.1. The Balaban J connectivity index is 2.05. The zero-order valence-electron chi connectivity index (χ0n) is 11.6. The number of hydrogen-bond donors (Lipinski definition) is 0. The highest BCUT2D eigenvalue weighted by molar-refractivity contribution is 5.78. The summed E-state index contributed by atoms with van der Waals surface area (Å²) in [5, 5.41) is 0. The topological polar surface area (TPSA) is 20.3 Å². The van der Waals surface area contributed by atoms with Crippen LogP contribution >= 0.6 is 0 Å². The predicted molar refractivity (Wildman–Crippen MR) is 74.6 cm³/mol. The lowest BCUT2D eigenvalue weighted by Crippen LogP contribution is -2.32. The Morgan fingerprint density at radius 1 is 1.44 bits per heavy atom. The van der Waals surface area contributed by atoms with Crippen LogP contribution in [0.1, 0.15) is 43.7 Å². The minimum atomic E-state index is 0.167. The molecule has 0 spiro atoms. The summed E-state index contributed by atoms with van der Waals surface area (Å²) in [4.78, 5) is 14.2. The summed E-state index contributed by atoms with van der Waals surface area (Å²) in [7, 11) is 0. The van der Waals surface area contributed by atoms with Crippen molar-refractivity contribution in [3.63, 3.8) is 0 Å². The molecule has 1 heterocycles. The van der Waals surface area contributed by atoms with Crippen molar-refractivity contribution in [1.82, 2.24) is 4.90 Å². The molecule has 0 N–H and O–H groups in total. The molecule has 1 saturated heterocycles. The molecule has 2 atom stereocenters. The molecular weight excluding hydrogens is 222 g/mol. The number of carbonyl (C=O) groups is 1. The maximum absolute atomic E-state index is 12.2. The van der Waals surface area contributed by atoms with Crippen LogP contribution in [0.2, 0.25) is 0 Å². The number of amides is 1. The van der Waals surface area contributed by atoms with Gasteiger partial charge in [0, 0.05) is 24.9 Å². The molecule has 18 heavy (non-hydrogen) atoms. The van der Waals surface area contributed by atoms with Gasteiger partial charge in [-0.05, 0) is 30.9 Å². The summed E-state index contributed by atoms with van der Waals surface area (Å²) >= 11 is 0. The first kappa shape index (κ1) is 13.1. The van der Waals surface area contributed by atoms with Gasteiger partial charge in [-0.15, -0.1) is 0 Å². The van der Waals surface area contributed by atoms with Gasteiger partial charge in [-0.25, -0.2) is 0 Å². The Hall–Kier alpha value is -1.31. The smallest absolute Gasteiger partial charge is 0.225 e. The number of nitrogens with zero attached hydrogens (tertiary/aromatic N) is 1. The molecule has 2 heteroatoms. The van der Waals surface area contributed by atoms with E-state index in [1.807, 2.05) is 11.8 Å². The summed E-state index contributed by atoms with van der Waals surface area (Å²) in [6.07, 6.45) is 2.04. The lowest BCUT2D eigenvalue weighted by Gasteiger charge is -2.20. The Bertz CT molecular complexity index is 427. The summed E-state index contributed by atoms with van der Waals surface area (Å²) in [6.45, 7) is 8.09. The van der Waals surface area contributed by atoms with Crippen LogP contribution in [0, 0.1) is 12.8 Å². The third-order valence-corrected chi connectivity index (χ3v) is 4.16. The largest absolute Gasteiger partial charge is 0.342 e. The Kier molecular flexibility index (Phi) is 4.05. The summed E-state index contributed by atoms with van der Waals surface area (Å²) in [6, 6.07) is 8.54. The Morgan fingerprint density at radius 3 is 2.83 bits per heavy atom. The van der Waals surface area contributed by atoms with E-state index in [0.29, 0.717) is 11.8 Å². The van der Waals surface area contributed by atoms with Gasteiger partial charge in [0.1, 0.15) is 0 Å². The van der Waals surface area contributed by atoms with Crippen molar-refractivity contribution < 1.29 is 4.79 Å². The van der Waals surface area contributed by atoms with Crippen LogP contribution in [0.3, 0.4) is 0 Å². The molecule has 0 aromatic heterocycles. The van der Waals surface area contributed by atoms with E-state index in [4.69, 9.17) is 0 Å². The Morgan fingerprint density at radius 2 is 2.17 bits per heavy atom. The summed E-state index contributed by atoms with van der Waals surface area (Å²) < 4.78 is 0. The van der Waals surface area contributed by atoms with Gasteiger partial charge in [-0.1, -0.05) is 38.1 Å². The van der Waals surface area contributed by atoms with Crippen molar-refractivity contribution in [2.45, 2.75) is 39.5 Å². The molecular formula is C16H23NO. The van der Waals surface area contributed by atoms with Gasteiger partial charge in [0.25, 0.3) is 0 Å². The first-order valence-electron chi connectivity index (χ1n) is 6.97. The molecule has 1 fully saturated rings. The molecule has 1 aliphatic heterocycles. The fourth-order valence-electron chi connectivity index (χ4n) is 2.75. The lowest BCUT2D eigenvalue weighted by molar-refractivity contribution is -0.134. The quantitative estimate of drug-likeness (QED) is 0.799. The fraction of sp³-hybridized carbons (Fsp3) is 0.562. The molecule has 0 radical (unpaired) electrons. The predicted octanol–water partition coefficient (Wildman–Crippen LogP) is 3.36. The normalized spacial score (nSPS) is 21.1. The molecule has 2 rings (SSSR count). The van der Waals surface area contributed by atoms with E-state index in [1.54, 1.807) is 0 Å². The van der Waals surface area contributed by atoms with E-state index in [0.717, 1.165) is 25.9 Å². The van der Waals surface area contributed by atoms with E-state index < -0.39 is 0 Å². The van der Waals surface area contributed by atoms with E-state index in [-0.39, 0.29) is 5.92 Å². The second-order valence-corrected chi connectivity index (χ2v) is 5.44. The summed E-state index contributed by atoms with van der Waals surface area (Å²) in [5.41, 5.74) is 2.76. The Labute approximate surface area is 110 Å². The van der Waals surface area contributed by atoms with Gasteiger partial charge < -0.3 is 4.90 Å². The van der Waals surface area contributed by atoms with Crippen LogP contribution in [-0.4, -0.2) is 23.9 Å². The minimum Gasteiger partial charge on any atom is -0.342 e. The number of carbonyl (C=O) groups excluding carboxylic acids is 1. The average Bonchev–Trinajstić information content (AvgIpc) is 2.87. The van der Waals surface area contributed by atoms with E-state index >= 15 is 0 Å². The van der Waals surface area contributed by atoms with Crippen molar-refractivity contribution >= 4 is 5.91 Å². The molecule has 0 bridgehead atoms. The second kappa shape index (κ2) is 5.55. The molecule has 0 aliphatic carbocycles. The van der Waals surface area contributed by atoms with Crippen LogP contribution in [0.5, 0.6) is 0 Å². The molecule has 1 aromatic rings. The van der Waals surface area contributed by atoms with Crippen molar-refractivity contribution in [2.24, 2.45) is 5.92 Å². The first-order chi connectivity index (χ1) is 8.63. The molecule has 98 valence electrons. The van der Waals surface area contributed by atoms with Crippen LogP contribution in [0.4, 0.5) is 0 Å². The van der Waals surface area contributed by atoms with Crippen molar-refractivity contribution in [3.8, 4) is 0 Å². The summed E-state index contributed by atoms with van der Waals surface area (Å²) in [5.74, 6) is 1.02. The molecule has 2 nitrogen and oxygen atoms in total.